The summed E-state index contributed by atoms with van der Waals surface area (Å²) in [5.41, 5.74) is 1.60. The van der Waals surface area contributed by atoms with Gasteiger partial charge in [0.05, 0.1) is 17.7 Å². The number of rotatable bonds is 4. The molecule has 1 aromatic heterocycles. The summed E-state index contributed by atoms with van der Waals surface area (Å²) in [5, 5.41) is 13.7. The van der Waals surface area contributed by atoms with Crippen LogP contribution in [0.4, 0.5) is 5.69 Å². The number of nitrogens with zero attached hydrogens (tertiary/aromatic N) is 1. The van der Waals surface area contributed by atoms with Crippen LogP contribution in [0.3, 0.4) is 0 Å². The van der Waals surface area contributed by atoms with E-state index in [1.54, 1.807) is 19.1 Å². The molecular formula is C21H18N2O5. The molecule has 0 bridgehead atoms. The second-order valence-corrected chi connectivity index (χ2v) is 6.50. The zero-order valence-corrected chi connectivity index (χ0v) is 15.2. The maximum absolute atomic E-state index is 12.8. The van der Waals surface area contributed by atoms with Crippen LogP contribution in [0.15, 0.2) is 47.3 Å². The third-order valence-corrected chi connectivity index (χ3v) is 4.83. The number of aryl methyl sites for hydroxylation is 2. The van der Waals surface area contributed by atoms with Crippen LogP contribution in [0.2, 0.25) is 0 Å². The van der Waals surface area contributed by atoms with Gasteiger partial charge in [-0.3, -0.25) is 9.59 Å². The number of benzene rings is 2. The number of esters is 1. The molecular weight excluding hydrogens is 360 g/mol. The van der Waals surface area contributed by atoms with Crippen LogP contribution in [0.25, 0.3) is 10.9 Å². The van der Waals surface area contributed by atoms with Gasteiger partial charge in [0.15, 0.2) is 0 Å². The zero-order valence-electron chi connectivity index (χ0n) is 15.2. The van der Waals surface area contributed by atoms with Gasteiger partial charge in [-0.25, -0.2) is 4.79 Å². The van der Waals surface area contributed by atoms with E-state index in [1.165, 1.54) is 28.8 Å². The first kappa shape index (κ1) is 17.8. The summed E-state index contributed by atoms with van der Waals surface area (Å²) in [4.78, 5) is 37.2. The molecule has 1 amide bonds. The largest absolute Gasteiger partial charge is 0.506 e. The van der Waals surface area contributed by atoms with Gasteiger partial charge in [0.25, 0.3) is 11.5 Å². The lowest BCUT2D eigenvalue weighted by molar-refractivity contribution is 0.0526. The predicted molar refractivity (Wildman–Crippen MR) is 104 cm³/mol. The van der Waals surface area contributed by atoms with Crippen molar-refractivity contribution >= 4 is 28.5 Å². The number of nitrogens with one attached hydrogen (secondary N) is 1. The molecule has 0 spiro atoms. The number of aromatic hydroxyl groups is 1. The Balaban J connectivity index is 1.67. The SMILES string of the molecule is CCOC(=O)c1ccc(NC(=O)c2c(O)c3cccc4c3n(c2=O)CC4)cc1. The van der Waals surface area contributed by atoms with Crippen LogP contribution in [0.5, 0.6) is 5.75 Å². The van der Waals surface area contributed by atoms with Crippen molar-refractivity contribution in [1.29, 1.82) is 0 Å². The molecule has 1 aliphatic heterocycles. The van der Waals surface area contributed by atoms with Gasteiger partial charge < -0.3 is 19.7 Å². The van der Waals surface area contributed by atoms with Crippen LogP contribution in [0.1, 0.15) is 33.2 Å². The van der Waals surface area contributed by atoms with Gasteiger partial charge in [0.1, 0.15) is 11.3 Å². The normalized spacial score (nSPS) is 12.2. The average molecular weight is 378 g/mol. The average Bonchev–Trinajstić information content (AvgIpc) is 3.12. The Morgan fingerprint density at radius 3 is 2.64 bits per heavy atom. The molecule has 0 saturated heterocycles. The molecule has 142 valence electrons. The number of anilines is 1. The summed E-state index contributed by atoms with van der Waals surface area (Å²) in [6.45, 7) is 2.46. The first-order chi connectivity index (χ1) is 13.5. The van der Waals surface area contributed by atoms with Gasteiger partial charge in [-0.2, -0.15) is 0 Å². The van der Waals surface area contributed by atoms with Crippen LogP contribution in [0, 0.1) is 0 Å². The van der Waals surface area contributed by atoms with Crippen molar-refractivity contribution in [3.63, 3.8) is 0 Å². The maximum Gasteiger partial charge on any atom is 0.338 e. The van der Waals surface area contributed by atoms with E-state index >= 15 is 0 Å². The van der Waals surface area contributed by atoms with Crippen LogP contribution >= 0.6 is 0 Å². The first-order valence-electron chi connectivity index (χ1n) is 8.97. The summed E-state index contributed by atoms with van der Waals surface area (Å²) in [6.07, 6.45) is 0.687. The molecule has 7 nitrogen and oxygen atoms in total. The maximum atomic E-state index is 12.8. The molecule has 4 rings (SSSR count). The number of amides is 1. The van der Waals surface area contributed by atoms with Crippen molar-refractivity contribution in [3.05, 3.63) is 69.5 Å². The number of para-hydroxylation sites is 1. The zero-order chi connectivity index (χ0) is 19.8. The lowest BCUT2D eigenvalue weighted by atomic mass is 10.1. The van der Waals surface area contributed by atoms with Gasteiger partial charge in [-0.05, 0) is 49.2 Å². The molecule has 1 aliphatic rings. The van der Waals surface area contributed by atoms with Gasteiger partial charge in [-0.1, -0.05) is 12.1 Å². The van der Waals surface area contributed by atoms with E-state index in [4.69, 9.17) is 4.74 Å². The Labute approximate surface area is 160 Å². The number of carbonyl (C=O) groups is 2. The van der Waals surface area contributed by atoms with Crippen molar-refractivity contribution in [3.8, 4) is 5.75 Å². The predicted octanol–water partition coefficient (Wildman–Crippen LogP) is 2.69. The highest BCUT2D eigenvalue weighted by atomic mass is 16.5. The molecule has 0 aliphatic carbocycles. The molecule has 0 fully saturated rings. The number of carbonyl (C=O) groups excluding carboxylic acids is 2. The quantitative estimate of drug-likeness (QED) is 0.681. The van der Waals surface area contributed by atoms with Gasteiger partial charge in [0, 0.05) is 17.6 Å². The van der Waals surface area contributed by atoms with Gasteiger partial charge >= 0.3 is 5.97 Å². The Kier molecular flexibility index (Phi) is 4.35. The number of hydrogen-bond donors (Lipinski definition) is 2. The topological polar surface area (TPSA) is 97.6 Å². The third-order valence-electron chi connectivity index (χ3n) is 4.83. The number of ether oxygens (including phenoxy) is 1. The second-order valence-electron chi connectivity index (χ2n) is 6.50. The van der Waals surface area contributed by atoms with E-state index < -0.39 is 17.4 Å². The van der Waals surface area contributed by atoms with E-state index in [9.17, 15) is 19.5 Å². The van der Waals surface area contributed by atoms with Crippen molar-refractivity contribution in [2.45, 2.75) is 19.9 Å². The fraction of sp³-hybridized carbons (Fsp3) is 0.190. The number of pyridine rings is 1. The molecule has 3 aromatic rings. The number of hydrogen-bond acceptors (Lipinski definition) is 5. The lowest BCUT2D eigenvalue weighted by Crippen LogP contribution is -2.28. The molecule has 2 aromatic carbocycles. The molecule has 2 N–H and O–H groups in total. The summed E-state index contributed by atoms with van der Waals surface area (Å²) in [6, 6.07) is 11.5. The molecule has 0 radical (unpaired) electrons. The summed E-state index contributed by atoms with van der Waals surface area (Å²) in [7, 11) is 0. The Hall–Kier alpha value is -3.61. The molecule has 0 saturated carbocycles. The number of aromatic nitrogens is 1. The Morgan fingerprint density at radius 2 is 1.93 bits per heavy atom. The van der Waals surface area contributed by atoms with E-state index in [2.05, 4.69) is 5.32 Å². The van der Waals surface area contributed by atoms with Crippen molar-refractivity contribution in [1.82, 2.24) is 4.57 Å². The Bertz CT molecular complexity index is 1160. The van der Waals surface area contributed by atoms with Crippen LogP contribution in [-0.4, -0.2) is 28.2 Å². The Morgan fingerprint density at radius 1 is 1.18 bits per heavy atom. The minimum Gasteiger partial charge on any atom is -0.506 e. The monoisotopic (exact) mass is 378 g/mol. The first-order valence-corrected chi connectivity index (χ1v) is 8.97. The molecule has 28 heavy (non-hydrogen) atoms. The van der Waals surface area contributed by atoms with Crippen LogP contribution in [-0.2, 0) is 17.7 Å². The summed E-state index contributed by atoms with van der Waals surface area (Å²) in [5.74, 6) is -1.47. The molecule has 7 heteroatoms. The highest BCUT2D eigenvalue weighted by Crippen LogP contribution is 2.32. The van der Waals surface area contributed by atoms with Crippen molar-refractivity contribution in [2.24, 2.45) is 0 Å². The van der Waals surface area contributed by atoms with E-state index in [0.29, 0.717) is 35.1 Å². The van der Waals surface area contributed by atoms with Crippen molar-refractivity contribution in [2.75, 3.05) is 11.9 Å². The van der Waals surface area contributed by atoms with Crippen LogP contribution < -0.4 is 10.9 Å². The standard InChI is InChI=1S/C21H18N2O5/c1-2-28-21(27)13-6-8-14(9-7-13)22-19(25)16-18(24)15-5-3-4-12-10-11-23(17(12)15)20(16)26/h3-9,24H,2,10-11H2,1H3,(H,22,25). The fourth-order valence-electron chi connectivity index (χ4n) is 3.52. The van der Waals surface area contributed by atoms with Gasteiger partial charge in [0.2, 0.25) is 0 Å². The second kappa shape index (κ2) is 6.84. The molecule has 0 unspecified atom stereocenters. The molecule has 2 heterocycles. The highest BCUT2D eigenvalue weighted by molar-refractivity contribution is 6.09. The fourth-order valence-corrected chi connectivity index (χ4v) is 3.52. The minimum atomic E-state index is -0.700. The van der Waals surface area contributed by atoms with E-state index in [-0.39, 0.29) is 17.9 Å². The minimum absolute atomic E-state index is 0.270. The van der Waals surface area contributed by atoms with Gasteiger partial charge in [-0.15, -0.1) is 0 Å². The highest BCUT2D eigenvalue weighted by Gasteiger charge is 2.26. The smallest absolute Gasteiger partial charge is 0.338 e. The summed E-state index contributed by atoms with van der Waals surface area (Å²) < 4.78 is 6.45. The van der Waals surface area contributed by atoms with E-state index in [0.717, 1.165) is 5.56 Å². The van der Waals surface area contributed by atoms with Crippen molar-refractivity contribution < 1.29 is 19.4 Å². The molecule has 0 atom stereocenters. The lowest BCUT2D eigenvalue weighted by Gasteiger charge is -2.12. The summed E-state index contributed by atoms with van der Waals surface area (Å²) >= 11 is 0. The van der Waals surface area contributed by atoms with E-state index in [1.807, 2.05) is 6.07 Å². The third kappa shape index (κ3) is 2.81.